The molecule has 0 aromatic rings. The number of rotatable bonds is 0. The molecule has 0 aliphatic carbocycles. The number of aliphatic carboxylic acids is 3. The fourth-order valence-electron chi connectivity index (χ4n) is 0. The first kappa shape index (κ1) is 81.0. The summed E-state index contributed by atoms with van der Waals surface area (Å²) in [6.45, 7) is 3.25. The van der Waals surface area contributed by atoms with Crippen LogP contribution < -0.4 is 0 Å². The third-order valence-electron chi connectivity index (χ3n) is 0. The van der Waals surface area contributed by atoms with E-state index in [2.05, 4.69) is 0 Å². The van der Waals surface area contributed by atoms with E-state index in [0.29, 0.717) is 0 Å². The van der Waals surface area contributed by atoms with Gasteiger partial charge in [0.1, 0.15) is 0 Å². The summed E-state index contributed by atoms with van der Waals surface area (Å²) in [7, 11) is 0. The molecule has 0 aromatic carbocycles. The molecule has 15 N–H and O–H groups in total. The Bertz CT molecular complexity index is 120. The van der Waals surface area contributed by atoms with Crippen LogP contribution in [0, 0.1) is 0 Å². The van der Waals surface area contributed by atoms with Crippen LogP contribution in [0.1, 0.15) is 20.8 Å². The van der Waals surface area contributed by atoms with E-state index in [-0.39, 0.29) is 58.7 Å². The van der Waals surface area contributed by atoms with E-state index in [0.717, 1.165) is 20.8 Å². The van der Waals surface area contributed by atoms with Crippen LogP contribution in [0.3, 0.4) is 0 Å². The smallest absolute Gasteiger partial charge is 0.300 e. The van der Waals surface area contributed by atoms with Crippen molar-refractivity contribution in [2.45, 2.75) is 20.8 Å². The Morgan fingerprint density at radius 2 is 0.526 bits per heavy atom. The minimum atomic E-state index is -0.833. The van der Waals surface area contributed by atoms with Gasteiger partial charge in [-0.05, 0) is 0 Å². The number of hydrogen-bond acceptors (Lipinski definition) is 3. The Kier molecular flexibility index (Phi) is 289. The summed E-state index contributed by atoms with van der Waals surface area (Å²) in [5, 5.41) is 22.2. The van der Waals surface area contributed by atoms with E-state index < -0.39 is 17.9 Å². The number of carboxylic acid groups (broad SMARTS) is 3. The predicted molar refractivity (Wildman–Crippen MR) is 61.6 cm³/mol. The van der Waals surface area contributed by atoms with Crippen LogP contribution in [0.25, 0.3) is 0 Å². The summed E-state index contributed by atoms with van der Waals surface area (Å²) in [5.74, 6) is -2.50. The van der Waals surface area contributed by atoms with Gasteiger partial charge in [0.2, 0.25) is 0 Å². The third kappa shape index (κ3) is 4180. The van der Waals surface area contributed by atoms with Crippen LogP contribution in [0.15, 0.2) is 0 Å². The number of hydrogen-bond donors (Lipinski definition) is 3. The van der Waals surface area contributed by atoms with Crippen molar-refractivity contribution in [3.63, 3.8) is 0 Å². The van der Waals surface area contributed by atoms with E-state index in [9.17, 15) is 0 Å². The first-order valence-electron chi connectivity index (χ1n) is 2.78. The molecule has 0 atom stereocenters. The monoisotopic (exact) mass is 333 g/mol. The van der Waals surface area contributed by atoms with E-state index in [1.165, 1.54) is 0 Å². The average molecular weight is 333 g/mol. The van der Waals surface area contributed by atoms with Gasteiger partial charge in [0, 0.05) is 46.6 Å². The van der Waals surface area contributed by atoms with Crippen LogP contribution in [-0.2, 0) is 40.2 Å². The number of carboxylic acids is 3. The second-order valence-electron chi connectivity index (χ2n) is 1.56. The maximum Gasteiger partial charge on any atom is 0.300 e. The Morgan fingerprint density at radius 1 is 0.526 bits per heavy atom. The van der Waals surface area contributed by atoms with Gasteiger partial charge in [-0.1, -0.05) is 0 Å². The molecule has 0 unspecified atom stereocenters. The van der Waals surface area contributed by atoms with Gasteiger partial charge in [-0.2, -0.15) is 0 Å². The first-order valence-corrected chi connectivity index (χ1v) is 2.78. The molecular weight excluding hydrogens is 309 g/mol. The maximum atomic E-state index is 9.00. The molecule has 0 saturated carbocycles. The van der Waals surface area contributed by atoms with Crippen molar-refractivity contribution in [1.82, 2.24) is 0 Å². The topological polar surface area (TPSA) is 301 Å². The van der Waals surface area contributed by atoms with Gasteiger partial charge >= 0.3 is 0 Å². The van der Waals surface area contributed by atoms with Crippen molar-refractivity contribution in [2.24, 2.45) is 0 Å². The van der Waals surface area contributed by atoms with Gasteiger partial charge in [-0.25, -0.2) is 0 Å². The van der Waals surface area contributed by atoms with Crippen LogP contribution in [-0.4, -0.2) is 66.1 Å². The maximum absolute atomic E-state index is 9.00. The molecule has 12 nitrogen and oxygen atoms in total. The first-order chi connectivity index (χ1) is 5.20. The Hall–Kier alpha value is -0.960. The summed E-state index contributed by atoms with van der Waals surface area (Å²) in [6.07, 6.45) is 0. The van der Waals surface area contributed by atoms with Crippen molar-refractivity contribution >= 4 is 17.9 Å². The van der Waals surface area contributed by atoms with E-state index >= 15 is 0 Å². The second kappa shape index (κ2) is 67.8. The predicted octanol–water partition coefficient (Wildman–Crippen LogP) is -4.68. The fraction of sp³-hybridized carbons (Fsp3) is 0.500. The normalized spacial score (nSPS) is 3.95. The van der Waals surface area contributed by atoms with E-state index in [1.54, 1.807) is 0 Å². The van der Waals surface area contributed by atoms with Crippen molar-refractivity contribution < 1.29 is 88.4 Å². The van der Waals surface area contributed by atoms with Gasteiger partial charge in [0.25, 0.3) is 17.9 Å². The minimum Gasteiger partial charge on any atom is -0.481 e. The van der Waals surface area contributed by atoms with Crippen molar-refractivity contribution in [3.05, 3.63) is 0 Å². The molecule has 123 valence electrons. The zero-order chi connectivity index (χ0) is 10.7. The Balaban J connectivity index is -0.00000000675. The molecule has 0 aliphatic heterocycles. The minimum absolute atomic E-state index is 0. The average Bonchev–Trinajstić information content (AvgIpc) is 1.54. The molecular formula is C6H24O12Sc. The molecule has 0 spiro atoms. The van der Waals surface area contributed by atoms with Gasteiger partial charge in [0.15, 0.2) is 0 Å². The van der Waals surface area contributed by atoms with Crippen molar-refractivity contribution in [3.8, 4) is 0 Å². The summed E-state index contributed by atoms with van der Waals surface area (Å²) in [6, 6.07) is 0. The Morgan fingerprint density at radius 3 is 0.526 bits per heavy atom. The zero-order valence-electron chi connectivity index (χ0n) is 10.6. The summed E-state index contributed by atoms with van der Waals surface area (Å²) in [4.78, 5) is 27.0. The molecule has 19 heavy (non-hydrogen) atoms. The van der Waals surface area contributed by atoms with Crippen molar-refractivity contribution in [2.75, 3.05) is 0 Å². The van der Waals surface area contributed by atoms with Crippen LogP contribution in [0.2, 0.25) is 0 Å². The molecule has 0 amide bonds. The SMILES string of the molecule is CC(=O)O.CC(=O)O.CC(=O)O.O.O.O.O.O.O.[Sc]. The molecule has 0 rings (SSSR count). The number of carbonyl (C=O) groups is 3. The molecule has 0 heterocycles. The van der Waals surface area contributed by atoms with Crippen LogP contribution >= 0.6 is 0 Å². The molecule has 0 aliphatic rings. The molecule has 0 aromatic heterocycles. The standard InChI is InChI=1S/3C2H4O2.6H2O.Sc/c3*1-2(3)4;;;;;;;/h3*1H3,(H,3,4);6*1H2;. The van der Waals surface area contributed by atoms with Crippen LogP contribution in [0.4, 0.5) is 0 Å². The van der Waals surface area contributed by atoms with Crippen molar-refractivity contribution in [1.29, 1.82) is 0 Å². The summed E-state index contributed by atoms with van der Waals surface area (Å²) in [5.41, 5.74) is 0. The second-order valence-corrected chi connectivity index (χ2v) is 1.56. The summed E-state index contributed by atoms with van der Waals surface area (Å²) < 4.78 is 0. The molecule has 0 fully saturated rings. The zero-order valence-corrected chi connectivity index (χ0v) is 12.4. The third-order valence-corrected chi connectivity index (χ3v) is 0. The molecule has 0 bridgehead atoms. The quantitative estimate of drug-likeness (QED) is 0.390. The molecule has 1 radical (unpaired) electrons. The van der Waals surface area contributed by atoms with Gasteiger partial charge in [-0.3, -0.25) is 14.4 Å². The molecule has 0 saturated heterocycles. The van der Waals surface area contributed by atoms with Gasteiger partial charge in [-0.15, -0.1) is 0 Å². The largest absolute Gasteiger partial charge is 0.481 e. The molecule has 13 heteroatoms. The van der Waals surface area contributed by atoms with E-state index in [1.807, 2.05) is 0 Å². The van der Waals surface area contributed by atoms with E-state index in [4.69, 9.17) is 29.7 Å². The Labute approximate surface area is 127 Å². The van der Waals surface area contributed by atoms with Gasteiger partial charge < -0.3 is 48.2 Å². The summed E-state index contributed by atoms with van der Waals surface area (Å²) >= 11 is 0. The van der Waals surface area contributed by atoms with Crippen LogP contribution in [0.5, 0.6) is 0 Å². The fourth-order valence-corrected chi connectivity index (χ4v) is 0. The van der Waals surface area contributed by atoms with Gasteiger partial charge in [0.05, 0.1) is 0 Å².